The highest BCUT2D eigenvalue weighted by molar-refractivity contribution is 6.40. The Kier molecular flexibility index (Phi) is 4.15. The fraction of sp³-hybridized carbons (Fsp3) is 0.200. The molecule has 1 aromatic carbocycles. The number of benzene rings is 1. The van der Waals surface area contributed by atoms with Gasteiger partial charge in [0.15, 0.2) is 0 Å². The average molecular weight is 261 g/mol. The summed E-state index contributed by atoms with van der Waals surface area (Å²) in [6.45, 7) is 2.73. The van der Waals surface area contributed by atoms with Gasteiger partial charge in [0.2, 0.25) is 11.8 Å². The predicted octanol–water partition coefficient (Wildman–Crippen LogP) is 2.91. The second kappa shape index (κ2) is 5.18. The van der Waals surface area contributed by atoms with E-state index in [0.717, 1.165) is 0 Å². The van der Waals surface area contributed by atoms with Crippen molar-refractivity contribution in [2.45, 2.75) is 13.8 Å². The summed E-state index contributed by atoms with van der Waals surface area (Å²) in [5, 5.41) is 5.59. The summed E-state index contributed by atoms with van der Waals surface area (Å²) >= 11 is 11.8. The molecule has 0 saturated heterocycles. The van der Waals surface area contributed by atoms with E-state index in [1.807, 2.05) is 0 Å². The molecule has 0 bridgehead atoms. The normalized spacial score (nSPS) is 9.75. The topological polar surface area (TPSA) is 58.2 Å². The Labute approximate surface area is 103 Å². The van der Waals surface area contributed by atoms with Crippen LogP contribution in [-0.2, 0) is 9.59 Å². The fourth-order valence-corrected chi connectivity index (χ4v) is 1.73. The van der Waals surface area contributed by atoms with E-state index in [4.69, 9.17) is 23.2 Å². The highest BCUT2D eigenvalue weighted by Crippen LogP contribution is 2.33. The van der Waals surface area contributed by atoms with Gasteiger partial charge in [-0.15, -0.1) is 0 Å². The molecular formula is C10H10Cl2N2O2. The lowest BCUT2D eigenvalue weighted by atomic mass is 10.2. The van der Waals surface area contributed by atoms with Crippen molar-refractivity contribution >= 4 is 46.4 Å². The molecule has 0 radical (unpaired) electrons. The second-order valence-corrected chi connectivity index (χ2v) is 3.99. The first kappa shape index (κ1) is 12.8. The summed E-state index contributed by atoms with van der Waals surface area (Å²) in [5.74, 6) is -0.490. The number of nitrogens with one attached hydrogen (secondary N) is 2. The van der Waals surface area contributed by atoms with Gasteiger partial charge in [-0.1, -0.05) is 23.2 Å². The fourth-order valence-electron chi connectivity index (χ4n) is 1.14. The van der Waals surface area contributed by atoms with Crippen LogP contribution in [-0.4, -0.2) is 11.8 Å². The van der Waals surface area contributed by atoms with E-state index in [2.05, 4.69) is 10.6 Å². The van der Waals surface area contributed by atoms with E-state index >= 15 is 0 Å². The summed E-state index contributed by atoms with van der Waals surface area (Å²) in [5.41, 5.74) is 0.821. The Morgan fingerprint density at radius 2 is 1.44 bits per heavy atom. The Hall–Kier alpha value is -1.26. The lowest BCUT2D eigenvalue weighted by molar-refractivity contribution is -0.115. The van der Waals surface area contributed by atoms with Gasteiger partial charge in [0, 0.05) is 19.5 Å². The van der Waals surface area contributed by atoms with Crippen LogP contribution in [0.15, 0.2) is 12.1 Å². The number of amides is 2. The first-order chi connectivity index (χ1) is 7.40. The van der Waals surface area contributed by atoms with E-state index in [0.29, 0.717) is 11.4 Å². The maximum absolute atomic E-state index is 10.9. The van der Waals surface area contributed by atoms with Crippen LogP contribution >= 0.6 is 23.2 Å². The third kappa shape index (κ3) is 3.40. The third-order valence-corrected chi connectivity index (χ3v) is 2.26. The molecule has 86 valence electrons. The Morgan fingerprint density at radius 3 is 1.81 bits per heavy atom. The minimum Gasteiger partial charge on any atom is -0.326 e. The molecule has 0 heterocycles. The minimum atomic E-state index is -0.268. The van der Waals surface area contributed by atoms with Gasteiger partial charge in [-0.3, -0.25) is 9.59 Å². The zero-order chi connectivity index (χ0) is 12.3. The average Bonchev–Trinajstić information content (AvgIpc) is 2.10. The predicted molar refractivity (Wildman–Crippen MR) is 65.1 cm³/mol. The molecule has 0 aliphatic rings. The van der Waals surface area contributed by atoms with Crippen molar-refractivity contribution in [2.24, 2.45) is 0 Å². The Bertz CT molecular complexity index is 423. The standard InChI is InChI=1S/C10H10Cl2N2O2/c1-5(15)13-7-3-8(11)10(9(12)4-7)14-6(2)16/h3-4H,1-2H3,(H,13,15)(H,14,16). The van der Waals surface area contributed by atoms with Gasteiger partial charge < -0.3 is 10.6 Å². The summed E-state index contributed by atoms with van der Waals surface area (Å²) in [6.07, 6.45) is 0. The highest BCUT2D eigenvalue weighted by Gasteiger charge is 2.10. The van der Waals surface area contributed by atoms with Gasteiger partial charge in [-0.2, -0.15) is 0 Å². The van der Waals surface area contributed by atoms with Crippen LogP contribution in [0.4, 0.5) is 11.4 Å². The Balaban J connectivity index is 3.06. The summed E-state index contributed by atoms with van der Waals surface area (Å²) in [4.78, 5) is 21.7. The molecule has 2 amide bonds. The number of carbonyl (C=O) groups excluding carboxylic acids is 2. The molecule has 1 rings (SSSR count). The summed E-state index contributed by atoms with van der Waals surface area (Å²) < 4.78 is 0. The first-order valence-electron chi connectivity index (χ1n) is 4.44. The molecule has 0 aliphatic carbocycles. The Morgan fingerprint density at radius 1 is 1.00 bits per heavy atom. The van der Waals surface area contributed by atoms with Crippen molar-refractivity contribution in [1.82, 2.24) is 0 Å². The van der Waals surface area contributed by atoms with Crippen molar-refractivity contribution in [3.63, 3.8) is 0 Å². The molecule has 0 unspecified atom stereocenters. The lowest BCUT2D eigenvalue weighted by Crippen LogP contribution is -2.09. The molecule has 2 N–H and O–H groups in total. The molecule has 0 spiro atoms. The minimum absolute atomic E-state index is 0.223. The van der Waals surface area contributed by atoms with E-state index < -0.39 is 0 Å². The van der Waals surface area contributed by atoms with Crippen molar-refractivity contribution < 1.29 is 9.59 Å². The van der Waals surface area contributed by atoms with Gasteiger partial charge in [0.05, 0.1) is 15.7 Å². The van der Waals surface area contributed by atoms with Crippen molar-refractivity contribution in [2.75, 3.05) is 10.6 Å². The molecule has 0 fully saturated rings. The van der Waals surface area contributed by atoms with Gasteiger partial charge in [-0.05, 0) is 12.1 Å². The molecule has 0 saturated carbocycles. The van der Waals surface area contributed by atoms with Crippen LogP contribution in [0, 0.1) is 0 Å². The van der Waals surface area contributed by atoms with Gasteiger partial charge in [0.25, 0.3) is 0 Å². The maximum atomic E-state index is 10.9. The highest BCUT2D eigenvalue weighted by atomic mass is 35.5. The quantitative estimate of drug-likeness (QED) is 0.859. The van der Waals surface area contributed by atoms with E-state index in [1.54, 1.807) is 0 Å². The SMILES string of the molecule is CC(=O)Nc1cc(Cl)c(NC(C)=O)c(Cl)c1. The number of carbonyl (C=O) groups is 2. The van der Waals surface area contributed by atoms with Gasteiger partial charge in [-0.25, -0.2) is 0 Å². The lowest BCUT2D eigenvalue weighted by Gasteiger charge is -2.10. The third-order valence-electron chi connectivity index (χ3n) is 1.66. The van der Waals surface area contributed by atoms with Crippen LogP contribution in [0.2, 0.25) is 10.0 Å². The van der Waals surface area contributed by atoms with Gasteiger partial charge >= 0.3 is 0 Å². The molecule has 6 heteroatoms. The van der Waals surface area contributed by atoms with Crippen LogP contribution < -0.4 is 10.6 Å². The molecule has 0 aliphatic heterocycles. The number of hydrogen-bond donors (Lipinski definition) is 2. The van der Waals surface area contributed by atoms with Crippen molar-refractivity contribution in [3.8, 4) is 0 Å². The zero-order valence-corrected chi connectivity index (χ0v) is 10.2. The van der Waals surface area contributed by atoms with Crippen molar-refractivity contribution in [3.05, 3.63) is 22.2 Å². The monoisotopic (exact) mass is 260 g/mol. The molecule has 16 heavy (non-hydrogen) atoms. The van der Waals surface area contributed by atoms with E-state index in [1.165, 1.54) is 26.0 Å². The smallest absolute Gasteiger partial charge is 0.221 e. The van der Waals surface area contributed by atoms with Gasteiger partial charge in [0.1, 0.15) is 0 Å². The van der Waals surface area contributed by atoms with E-state index in [9.17, 15) is 9.59 Å². The van der Waals surface area contributed by atoms with Crippen LogP contribution in [0.3, 0.4) is 0 Å². The second-order valence-electron chi connectivity index (χ2n) is 3.18. The van der Waals surface area contributed by atoms with Crippen LogP contribution in [0.5, 0.6) is 0 Å². The first-order valence-corrected chi connectivity index (χ1v) is 5.20. The number of rotatable bonds is 2. The number of hydrogen-bond acceptors (Lipinski definition) is 2. The van der Waals surface area contributed by atoms with Crippen LogP contribution in [0.25, 0.3) is 0 Å². The molecule has 1 aromatic rings. The molecule has 0 aromatic heterocycles. The summed E-state index contributed by atoms with van der Waals surface area (Å²) in [6, 6.07) is 3.03. The zero-order valence-electron chi connectivity index (χ0n) is 8.73. The molecule has 4 nitrogen and oxygen atoms in total. The van der Waals surface area contributed by atoms with Crippen molar-refractivity contribution in [1.29, 1.82) is 0 Å². The molecular weight excluding hydrogens is 251 g/mol. The largest absolute Gasteiger partial charge is 0.326 e. The maximum Gasteiger partial charge on any atom is 0.221 e. The number of halogens is 2. The number of anilines is 2. The molecule has 0 atom stereocenters. The van der Waals surface area contributed by atoms with Crippen LogP contribution in [0.1, 0.15) is 13.8 Å². The van der Waals surface area contributed by atoms with E-state index in [-0.39, 0.29) is 21.9 Å². The summed E-state index contributed by atoms with van der Waals surface area (Å²) in [7, 11) is 0.